The number of phenolic OH excluding ortho intramolecular Hbond substituents is 2. The molecule has 0 aliphatic carbocycles. The molecule has 2 heterocycles. The maximum absolute atomic E-state index is 9.31. The van der Waals surface area contributed by atoms with Crippen LogP contribution in [0.1, 0.15) is 0 Å². The molecule has 0 amide bonds. The fraction of sp³-hybridized carbons (Fsp3) is 0. The Hall–Kier alpha value is -2.62. The minimum absolute atomic E-state index is 0. The molecule has 0 aliphatic heterocycles. The Morgan fingerprint density at radius 1 is 0.565 bits per heavy atom. The van der Waals surface area contributed by atoms with Gasteiger partial charge in [-0.1, -0.05) is 36.4 Å². The number of hydrogen-bond donors (Lipinski definition) is 2. The first kappa shape index (κ1) is 16.7. The molecule has 0 bridgehead atoms. The van der Waals surface area contributed by atoms with Gasteiger partial charge in [-0.15, -0.1) is 0 Å². The van der Waals surface area contributed by atoms with Gasteiger partial charge in [0.2, 0.25) is 0 Å². The van der Waals surface area contributed by atoms with E-state index < -0.39 is 0 Å². The van der Waals surface area contributed by atoms with Crippen molar-refractivity contribution in [3.63, 3.8) is 0 Å². The SMILES string of the molecule is Oc1cccc2cccnc12.Oc1cccc2cccnc12.[Cu]. The number of hydrogen-bond acceptors (Lipinski definition) is 4. The number of rotatable bonds is 0. The summed E-state index contributed by atoms with van der Waals surface area (Å²) in [4.78, 5) is 8.06. The molecule has 0 fully saturated rings. The third-order valence-electron chi connectivity index (χ3n) is 3.22. The molecule has 2 aromatic carbocycles. The van der Waals surface area contributed by atoms with Crippen molar-refractivity contribution in [1.82, 2.24) is 9.97 Å². The van der Waals surface area contributed by atoms with Crippen molar-refractivity contribution >= 4 is 21.8 Å². The molecule has 5 heteroatoms. The number of benzene rings is 2. The zero-order chi connectivity index (χ0) is 15.4. The summed E-state index contributed by atoms with van der Waals surface area (Å²) >= 11 is 0. The summed E-state index contributed by atoms with van der Waals surface area (Å²) in [7, 11) is 0. The average Bonchev–Trinajstić information content (AvgIpc) is 2.57. The molecule has 0 saturated carbocycles. The first-order chi connectivity index (χ1) is 10.8. The zero-order valence-corrected chi connectivity index (χ0v) is 13.0. The summed E-state index contributed by atoms with van der Waals surface area (Å²) in [6.07, 6.45) is 3.34. The number of pyridine rings is 2. The third kappa shape index (κ3) is 3.77. The molecular weight excluding hydrogens is 340 g/mol. The van der Waals surface area contributed by atoms with Crippen LogP contribution in [0.4, 0.5) is 0 Å². The van der Waals surface area contributed by atoms with E-state index in [4.69, 9.17) is 0 Å². The summed E-state index contributed by atoms with van der Waals surface area (Å²) in [5.41, 5.74) is 1.32. The molecule has 0 spiro atoms. The Morgan fingerprint density at radius 3 is 1.35 bits per heavy atom. The van der Waals surface area contributed by atoms with E-state index in [1.807, 2.05) is 36.4 Å². The first-order valence-corrected chi connectivity index (χ1v) is 6.81. The largest absolute Gasteiger partial charge is 0.506 e. The smallest absolute Gasteiger partial charge is 0.141 e. The minimum Gasteiger partial charge on any atom is -0.506 e. The second-order valence-corrected chi connectivity index (χ2v) is 4.70. The number of nitrogens with zero attached hydrogens (tertiary/aromatic N) is 2. The van der Waals surface area contributed by atoms with Crippen molar-refractivity contribution in [3.05, 3.63) is 73.1 Å². The van der Waals surface area contributed by atoms with Crippen LogP contribution < -0.4 is 0 Å². The van der Waals surface area contributed by atoms with Crippen LogP contribution in [-0.2, 0) is 17.1 Å². The zero-order valence-electron chi connectivity index (χ0n) is 12.0. The molecule has 0 atom stereocenters. The predicted molar refractivity (Wildman–Crippen MR) is 86.8 cm³/mol. The Balaban J connectivity index is 0.000000160. The molecule has 23 heavy (non-hydrogen) atoms. The Morgan fingerprint density at radius 2 is 0.957 bits per heavy atom. The monoisotopic (exact) mass is 353 g/mol. The summed E-state index contributed by atoms with van der Waals surface area (Å²) in [6.45, 7) is 0. The van der Waals surface area contributed by atoms with Crippen LogP contribution in [0.15, 0.2) is 73.1 Å². The minimum atomic E-state index is 0. The molecule has 0 unspecified atom stereocenters. The number of phenols is 2. The molecule has 2 N–H and O–H groups in total. The number of fused-ring (bicyclic) bond motifs is 2. The normalized spacial score (nSPS) is 9.74. The summed E-state index contributed by atoms with van der Waals surface area (Å²) < 4.78 is 0. The van der Waals surface area contributed by atoms with Crippen LogP contribution in [0.25, 0.3) is 21.8 Å². The van der Waals surface area contributed by atoms with Gasteiger partial charge in [0.15, 0.2) is 0 Å². The number of para-hydroxylation sites is 2. The van der Waals surface area contributed by atoms with Crippen LogP contribution in [-0.4, -0.2) is 20.2 Å². The van der Waals surface area contributed by atoms with E-state index in [9.17, 15) is 10.2 Å². The molecule has 4 rings (SSSR count). The fourth-order valence-corrected chi connectivity index (χ4v) is 2.18. The maximum atomic E-state index is 9.31. The Kier molecular flexibility index (Phi) is 5.52. The fourth-order valence-electron chi connectivity index (χ4n) is 2.18. The van der Waals surface area contributed by atoms with Crippen molar-refractivity contribution in [3.8, 4) is 11.5 Å². The third-order valence-corrected chi connectivity index (χ3v) is 3.22. The van der Waals surface area contributed by atoms with Crippen LogP contribution >= 0.6 is 0 Å². The van der Waals surface area contributed by atoms with Gasteiger partial charge in [0.05, 0.1) is 0 Å². The molecule has 0 aliphatic rings. The van der Waals surface area contributed by atoms with Crippen LogP contribution in [0, 0.1) is 0 Å². The van der Waals surface area contributed by atoms with Gasteiger partial charge < -0.3 is 10.2 Å². The van der Waals surface area contributed by atoms with Gasteiger partial charge in [-0.05, 0) is 24.3 Å². The van der Waals surface area contributed by atoms with Crippen molar-refractivity contribution < 1.29 is 27.3 Å². The predicted octanol–water partition coefficient (Wildman–Crippen LogP) is 3.88. The van der Waals surface area contributed by atoms with Crippen molar-refractivity contribution in [2.45, 2.75) is 0 Å². The average molecular weight is 354 g/mol. The first-order valence-electron chi connectivity index (χ1n) is 6.81. The van der Waals surface area contributed by atoms with Gasteiger partial charge in [0.25, 0.3) is 0 Å². The molecule has 2 aromatic heterocycles. The van der Waals surface area contributed by atoms with E-state index >= 15 is 0 Å². The standard InChI is InChI=1S/2C9H7NO.Cu/c2*11-8-5-1-3-7-4-2-6-10-9(7)8;/h2*1-6,11H;. The molecular formula is C18H14CuN2O2. The van der Waals surface area contributed by atoms with E-state index in [2.05, 4.69) is 9.97 Å². The van der Waals surface area contributed by atoms with E-state index in [1.165, 1.54) is 0 Å². The molecule has 4 aromatic rings. The molecule has 119 valence electrons. The maximum Gasteiger partial charge on any atom is 0.141 e. The topological polar surface area (TPSA) is 66.2 Å². The summed E-state index contributed by atoms with van der Waals surface area (Å²) in [5, 5.41) is 20.5. The van der Waals surface area contributed by atoms with Gasteiger partial charge >= 0.3 is 0 Å². The van der Waals surface area contributed by atoms with E-state index in [-0.39, 0.29) is 28.6 Å². The van der Waals surface area contributed by atoms with E-state index in [0.29, 0.717) is 11.0 Å². The quantitative estimate of drug-likeness (QED) is 0.471. The molecule has 1 radical (unpaired) electrons. The van der Waals surface area contributed by atoms with E-state index in [1.54, 1.807) is 36.7 Å². The van der Waals surface area contributed by atoms with Gasteiger partial charge in [-0.3, -0.25) is 9.97 Å². The second-order valence-electron chi connectivity index (χ2n) is 4.70. The van der Waals surface area contributed by atoms with Crippen LogP contribution in [0.3, 0.4) is 0 Å². The summed E-state index contributed by atoms with van der Waals surface area (Å²) in [6, 6.07) is 18.3. The van der Waals surface area contributed by atoms with Crippen LogP contribution in [0.5, 0.6) is 11.5 Å². The van der Waals surface area contributed by atoms with E-state index in [0.717, 1.165) is 10.8 Å². The van der Waals surface area contributed by atoms with Crippen molar-refractivity contribution in [1.29, 1.82) is 0 Å². The van der Waals surface area contributed by atoms with Gasteiger partial charge in [0, 0.05) is 40.2 Å². The number of aromatic hydroxyl groups is 2. The summed E-state index contributed by atoms with van der Waals surface area (Å²) in [5.74, 6) is 0.478. The van der Waals surface area contributed by atoms with Gasteiger partial charge in [-0.2, -0.15) is 0 Å². The van der Waals surface area contributed by atoms with Crippen LogP contribution in [0.2, 0.25) is 0 Å². The Labute approximate surface area is 143 Å². The number of aromatic nitrogens is 2. The Bertz CT molecular complexity index is 841. The molecule has 4 nitrogen and oxygen atoms in total. The van der Waals surface area contributed by atoms with Crippen molar-refractivity contribution in [2.24, 2.45) is 0 Å². The van der Waals surface area contributed by atoms with Crippen molar-refractivity contribution in [2.75, 3.05) is 0 Å². The van der Waals surface area contributed by atoms with Gasteiger partial charge in [-0.25, -0.2) is 0 Å². The second kappa shape index (κ2) is 7.58. The molecule has 0 saturated heterocycles. The van der Waals surface area contributed by atoms with Gasteiger partial charge in [0.1, 0.15) is 22.5 Å².